The molecular weight excluding hydrogens is 697 g/mol. The fourth-order valence-corrected chi connectivity index (χ4v) is 6.15. The van der Waals surface area contributed by atoms with Crippen LogP contribution in [0.4, 0.5) is 8.78 Å². The molecule has 1 heterocycles. The second-order valence-electron chi connectivity index (χ2n) is 13.2. The van der Waals surface area contributed by atoms with Crippen molar-refractivity contribution in [1.82, 2.24) is 0 Å². The van der Waals surface area contributed by atoms with Crippen molar-refractivity contribution in [2.45, 2.75) is 52.7 Å². The van der Waals surface area contributed by atoms with Crippen molar-refractivity contribution in [1.29, 1.82) is 0 Å². The molecule has 0 saturated carbocycles. The van der Waals surface area contributed by atoms with Crippen molar-refractivity contribution in [2.24, 2.45) is 0 Å². The van der Waals surface area contributed by atoms with E-state index in [0.717, 1.165) is 21.8 Å². The number of benzene rings is 6. The van der Waals surface area contributed by atoms with Gasteiger partial charge in [0.2, 0.25) is 0 Å². The Morgan fingerprint density at radius 1 is 0.560 bits per heavy atom. The summed E-state index contributed by atoms with van der Waals surface area (Å²) in [4.78, 5) is 0. The summed E-state index contributed by atoms with van der Waals surface area (Å²) in [5.41, 5.74) is 3.82. The molecule has 1 saturated heterocycles. The second kappa shape index (κ2) is 15.3. The summed E-state index contributed by atoms with van der Waals surface area (Å²) < 4.78 is 50.7. The molecule has 8 heteroatoms. The second-order valence-corrected chi connectivity index (χ2v) is 14.0. The van der Waals surface area contributed by atoms with Gasteiger partial charge in [-0.1, -0.05) is 90.5 Å². The highest BCUT2D eigenvalue weighted by Crippen LogP contribution is 2.43. The summed E-state index contributed by atoms with van der Waals surface area (Å²) in [5.74, 6) is 0.584. The maximum Gasteiger partial charge on any atom is 0.495 e. The van der Waals surface area contributed by atoms with E-state index in [1.807, 2.05) is 49.4 Å². The normalized spacial score (nSPS) is 14.4. The van der Waals surface area contributed by atoms with Gasteiger partial charge in [-0.3, -0.25) is 0 Å². The first-order valence-electron chi connectivity index (χ1n) is 16.4. The summed E-state index contributed by atoms with van der Waals surface area (Å²) in [6.07, 6.45) is 0. The number of hydrogen-bond donors (Lipinski definition) is 0. The molecule has 258 valence electrons. The minimum Gasteiger partial charge on any atom is -0.496 e. The van der Waals surface area contributed by atoms with E-state index < -0.39 is 0 Å². The monoisotopic (exact) mass is 738 g/mol. The predicted octanol–water partition coefficient (Wildman–Crippen LogP) is 11.0. The Kier molecular flexibility index (Phi) is 11.4. The van der Waals surface area contributed by atoms with Crippen molar-refractivity contribution in [3.8, 4) is 22.6 Å². The molecule has 7 rings (SSSR count). The maximum absolute atomic E-state index is 14.4. The van der Waals surface area contributed by atoms with E-state index in [-0.39, 0.29) is 30.0 Å². The van der Waals surface area contributed by atoms with Crippen LogP contribution < -0.4 is 14.9 Å². The molecule has 0 N–H and O–H groups in total. The number of ether oxygens (including phenoxy) is 2. The van der Waals surface area contributed by atoms with Gasteiger partial charge in [-0.2, -0.15) is 0 Å². The first kappa shape index (κ1) is 37.0. The van der Waals surface area contributed by atoms with Gasteiger partial charge in [-0.15, -0.1) is 0 Å². The van der Waals surface area contributed by atoms with Gasteiger partial charge >= 0.3 is 7.12 Å². The number of halogens is 3. The first-order chi connectivity index (χ1) is 23.8. The SMILES string of the molecule is COc1cccc(F)c1-c1c(OC)ccc2ccccc12.Cc1ccc2ccccc2c1B1OC(C)(C)C(C)(C)O1.Cc1cccc(F)c1Br. The van der Waals surface area contributed by atoms with Crippen LogP contribution in [0, 0.1) is 25.5 Å². The molecule has 0 aromatic heterocycles. The van der Waals surface area contributed by atoms with Crippen LogP contribution in [0.5, 0.6) is 11.5 Å². The summed E-state index contributed by atoms with van der Waals surface area (Å²) in [7, 11) is 2.82. The van der Waals surface area contributed by atoms with E-state index in [0.29, 0.717) is 27.1 Å². The van der Waals surface area contributed by atoms with Crippen molar-refractivity contribution in [3.63, 3.8) is 0 Å². The smallest absolute Gasteiger partial charge is 0.495 e. The van der Waals surface area contributed by atoms with Crippen LogP contribution in [0.2, 0.25) is 0 Å². The molecule has 0 unspecified atom stereocenters. The van der Waals surface area contributed by atoms with Gasteiger partial charge in [0.15, 0.2) is 0 Å². The van der Waals surface area contributed by atoms with Crippen LogP contribution >= 0.6 is 15.9 Å². The highest BCUT2D eigenvalue weighted by atomic mass is 79.9. The number of aryl methyl sites for hydroxylation is 2. The number of fused-ring (bicyclic) bond motifs is 2. The van der Waals surface area contributed by atoms with Gasteiger partial charge in [0.1, 0.15) is 23.1 Å². The molecule has 1 fully saturated rings. The van der Waals surface area contributed by atoms with E-state index in [1.54, 1.807) is 25.3 Å². The third-order valence-electron chi connectivity index (χ3n) is 9.38. The summed E-state index contributed by atoms with van der Waals surface area (Å²) >= 11 is 3.10. The summed E-state index contributed by atoms with van der Waals surface area (Å²) in [5, 5.41) is 4.40. The minimum absolute atomic E-state index is 0.199. The van der Waals surface area contributed by atoms with Crippen LogP contribution in [-0.2, 0) is 9.31 Å². The highest BCUT2D eigenvalue weighted by molar-refractivity contribution is 9.10. The molecule has 6 aromatic carbocycles. The highest BCUT2D eigenvalue weighted by Gasteiger charge is 2.52. The van der Waals surface area contributed by atoms with Crippen LogP contribution in [0.15, 0.2) is 114 Å². The van der Waals surface area contributed by atoms with Gasteiger partial charge in [-0.25, -0.2) is 8.78 Å². The Balaban J connectivity index is 0.000000157. The molecule has 0 atom stereocenters. The Bertz CT molecular complexity index is 2100. The fourth-order valence-electron chi connectivity index (χ4n) is 5.89. The maximum atomic E-state index is 14.4. The zero-order valence-electron chi connectivity index (χ0n) is 29.7. The third-order valence-corrected chi connectivity index (χ3v) is 10.4. The van der Waals surface area contributed by atoms with Gasteiger partial charge in [0.25, 0.3) is 0 Å². The largest absolute Gasteiger partial charge is 0.496 e. The Morgan fingerprint density at radius 3 is 1.68 bits per heavy atom. The molecule has 0 radical (unpaired) electrons. The van der Waals surface area contributed by atoms with Crippen LogP contribution in [0.25, 0.3) is 32.7 Å². The van der Waals surface area contributed by atoms with Crippen LogP contribution in [-0.4, -0.2) is 32.5 Å². The number of methoxy groups -OCH3 is 2. The fraction of sp³-hybridized carbons (Fsp3) is 0.238. The van der Waals surface area contributed by atoms with Crippen molar-refractivity contribution >= 4 is 50.1 Å². The quantitative estimate of drug-likeness (QED) is 0.169. The van der Waals surface area contributed by atoms with E-state index in [2.05, 4.69) is 86.9 Å². The molecule has 0 bridgehead atoms. The summed E-state index contributed by atoms with van der Waals surface area (Å²) in [6, 6.07) is 34.1. The van der Waals surface area contributed by atoms with Crippen LogP contribution in [0.1, 0.15) is 38.8 Å². The molecule has 4 nitrogen and oxygen atoms in total. The van der Waals surface area contributed by atoms with Gasteiger partial charge in [0.05, 0.1) is 35.5 Å². The first-order valence-corrected chi connectivity index (χ1v) is 17.2. The lowest BCUT2D eigenvalue weighted by molar-refractivity contribution is 0.00578. The van der Waals surface area contributed by atoms with Gasteiger partial charge < -0.3 is 18.8 Å². The number of hydrogen-bond acceptors (Lipinski definition) is 4. The zero-order valence-corrected chi connectivity index (χ0v) is 31.3. The molecule has 6 aromatic rings. The topological polar surface area (TPSA) is 36.9 Å². The predicted molar refractivity (Wildman–Crippen MR) is 206 cm³/mol. The molecule has 0 amide bonds. The molecule has 1 aliphatic heterocycles. The van der Waals surface area contributed by atoms with Gasteiger partial charge in [-0.05, 0) is 114 Å². The lowest BCUT2D eigenvalue weighted by Crippen LogP contribution is -2.41. The molecule has 0 spiro atoms. The van der Waals surface area contributed by atoms with Crippen molar-refractivity contribution in [2.75, 3.05) is 14.2 Å². The van der Waals surface area contributed by atoms with E-state index in [4.69, 9.17) is 18.8 Å². The van der Waals surface area contributed by atoms with Crippen molar-refractivity contribution in [3.05, 3.63) is 136 Å². The van der Waals surface area contributed by atoms with E-state index in [1.165, 1.54) is 35.6 Å². The minimum atomic E-state index is -0.330. The Labute approximate surface area is 302 Å². The van der Waals surface area contributed by atoms with Gasteiger partial charge in [0, 0.05) is 5.56 Å². The lowest BCUT2D eigenvalue weighted by Gasteiger charge is -2.32. The molecule has 0 aliphatic carbocycles. The van der Waals surface area contributed by atoms with Crippen molar-refractivity contribution < 1.29 is 27.6 Å². The summed E-state index contributed by atoms with van der Waals surface area (Å²) in [6.45, 7) is 12.3. The average molecular weight is 740 g/mol. The zero-order chi connectivity index (χ0) is 36.2. The lowest BCUT2D eigenvalue weighted by atomic mass is 9.73. The van der Waals surface area contributed by atoms with E-state index >= 15 is 0 Å². The Hall–Kier alpha value is -4.24. The number of rotatable bonds is 4. The van der Waals surface area contributed by atoms with Crippen LogP contribution in [0.3, 0.4) is 0 Å². The average Bonchev–Trinajstić information content (AvgIpc) is 3.32. The Morgan fingerprint density at radius 2 is 1.08 bits per heavy atom. The van der Waals surface area contributed by atoms with E-state index in [9.17, 15) is 8.78 Å². The molecule has 50 heavy (non-hydrogen) atoms. The molecular formula is C42H42BBrF2O4. The third kappa shape index (κ3) is 7.58. The molecule has 1 aliphatic rings. The standard InChI is InChI=1S/C18H15FO2.C17H21BO2.C7H6BrF/c1-20-15-9-5-8-14(19)18(15)17-13-7-4-3-6-12(13)10-11-16(17)21-2;1-12-10-11-13-8-6-7-9-14(13)15(12)18-19-16(2,3)17(4,5)20-18;1-5-3-2-4-6(9)7(5)8/h3-11H,1-2H3;6-11H,1-5H3;2-4H,1H3.